The highest BCUT2D eigenvalue weighted by Crippen LogP contribution is 2.25. The van der Waals surface area contributed by atoms with E-state index in [1.54, 1.807) is 12.4 Å². The molecule has 2 rings (SSSR count). The van der Waals surface area contributed by atoms with Gasteiger partial charge in [0.2, 0.25) is 0 Å². The minimum Gasteiger partial charge on any atom is -0.352 e. The van der Waals surface area contributed by atoms with E-state index in [0.717, 1.165) is 24.7 Å². The normalized spacial score (nSPS) is 22.4. The first kappa shape index (κ1) is 10.1. The van der Waals surface area contributed by atoms with Gasteiger partial charge in [-0.25, -0.2) is 9.97 Å². The van der Waals surface area contributed by atoms with Crippen molar-refractivity contribution >= 4 is 29.2 Å². The van der Waals surface area contributed by atoms with Crippen molar-refractivity contribution in [2.45, 2.75) is 12.2 Å². The number of nitrogens with zero attached hydrogens (tertiary/aromatic N) is 3. The summed E-state index contributed by atoms with van der Waals surface area (Å²) in [6.45, 7) is 4.23. The summed E-state index contributed by atoms with van der Waals surface area (Å²) in [5.74, 6) is 1.95. The summed E-state index contributed by atoms with van der Waals surface area (Å²) in [4.78, 5) is 10.5. The minimum atomic E-state index is 0.506. The van der Waals surface area contributed by atoms with Crippen LogP contribution < -0.4 is 4.90 Å². The van der Waals surface area contributed by atoms with Gasteiger partial charge in [0, 0.05) is 36.5 Å². The maximum atomic E-state index is 5.98. The molecule has 3 nitrogen and oxygen atoms in total. The van der Waals surface area contributed by atoms with Crippen molar-refractivity contribution in [1.82, 2.24) is 9.97 Å². The SMILES string of the molecule is CC1CN(c2nccnc2Cl)CCS1. The number of hydrogen-bond donors (Lipinski definition) is 0. The van der Waals surface area contributed by atoms with E-state index in [1.807, 2.05) is 11.8 Å². The molecule has 0 spiro atoms. The van der Waals surface area contributed by atoms with Gasteiger partial charge in [0.05, 0.1) is 0 Å². The van der Waals surface area contributed by atoms with Crippen molar-refractivity contribution in [1.29, 1.82) is 0 Å². The van der Waals surface area contributed by atoms with E-state index in [4.69, 9.17) is 11.6 Å². The van der Waals surface area contributed by atoms with Crippen LogP contribution in [-0.4, -0.2) is 34.1 Å². The summed E-state index contributed by atoms with van der Waals surface area (Å²) >= 11 is 7.97. The number of rotatable bonds is 1. The van der Waals surface area contributed by atoms with Gasteiger partial charge in [-0.05, 0) is 0 Å². The molecule has 1 aliphatic rings. The highest BCUT2D eigenvalue weighted by atomic mass is 35.5. The Kier molecular flexibility index (Phi) is 3.13. The lowest BCUT2D eigenvalue weighted by Crippen LogP contribution is -2.37. The van der Waals surface area contributed by atoms with Crippen LogP contribution >= 0.6 is 23.4 Å². The smallest absolute Gasteiger partial charge is 0.171 e. The lowest BCUT2D eigenvalue weighted by molar-refractivity contribution is 0.767. The standard InChI is InChI=1S/C9H12ClN3S/c1-7-6-13(4-5-14-7)9-8(10)11-2-3-12-9/h2-3,7H,4-6H2,1H3. The van der Waals surface area contributed by atoms with E-state index in [2.05, 4.69) is 21.8 Å². The molecule has 5 heteroatoms. The number of aromatic nitrogens is 2. The lowest BCUT2D eigenvalue weighted by atomic mass is 10.4. The minimum absolute atomic E-state index is 0.506. The number of hydrogen-bond acceptors (Lipinski definition) is 4. The summed E-state index contributed by atoms with van der Waals surface area (Å²) < 4.78 is 0. The second kappa shape index (κ2) is 4.36. The molecule has 1 aromatic rings. The largest absolute Gasteiger partial charge is 0.352 e. The Labute approximate surface area is 92.9 Å². The Hall–Kier alpha value is -0.480. The van der Waals surface area contributed by atoms with Crippen molar-refractivity contribution in [3.63, 3.8) is 0 Å². The predicted octanol–water partition coefficient (Wildman–Crippen LogP) is 2.07. The van der Waals surface area contributed by atoms with Crippen LogP contribution in [0.15, 0.2) is 12.4 Å². The van der Waals surface area contributed by atoms with E-state index in [1.165, 1.54) is 0 Å². The zero-order chi connectivity index (χ0) is 9.97. The molecule has 0 N–H and O–H groups in total. The van der Waals surface area contributed by atoms with Crippen molar-refractivity contribution in [2.24, 2.45) is 0 Å². The monoisotopic (exact) mass is 229 g/mol. The first-order valence-electron chi connectivity index (χ1n) is 4.60. The quantitative estimate of drug-likeness (QED) is 0.738. The van der Waals surface area contributed by atoms with Crippen LogP contribution in [0.3, 0.4) is 0 Å². The lowest BCUT2D eigenvalue weighted by Gasteiger charge is -2.31. The fourth-order valence-corrected chi connectivity index (χ4v) is 2.77. The summed E-state index contributed by atoms with van der Waals surface area (Å²) in [7, 11) is 0. The average Bonchev–Trinajstić information content (AvgIpc) is 2.18. The second-order valence-corrected chi connectivity index (χ2v) is 5.20. The van der Waals surface area contributed by atoms with Crippen molar-refractivity contribution < 1.29 is 0 Å². The molecule has 1 aromatic heterocycles. The molecular formula is C9H12ClN3S. The van der Waals surface area contributed by atoms with Crippen LogP contribution in [0.5, 0.6) is 0 Å². The van der Waals surface area contributed by atoms with Gasteiger partial charge in [-0.3, -0.25) is 0 Å². The third-order valence-electron chi connectivity index (χ3n) is 2.18. The van der Waals surface area contributed by atoms with Crippen LogP contribution in [0.25, 0.3) is 0 Å². The molecule has 76 valence electrons. The summed E-state index contributed by atoms with van der Waals surface area (Å²) in [6.07, 6.45) is 3.31. The Morgan fingerprint density at radius 2 is 2.29 bits per heavy atom. The fourth-order valence-electron chi connectivity index (χ4n) is 1.54. The van der Waals surface area contributed by atoms with Crippen LogP contribution in [0, 0.1) is 0 Å². The van der Waals surface area contributed by atoms with Gasteiger partial charge in [-0.1, -0.05) is 18.5 Å². The fraction of sp³-hybridized carbons (Fsp3) is 0.556. The Balaban J connectivity index is 2.18. The highest BCUT2D eigenvalue weighted by molar-refractivity contribution is 8.00. The van der Waals surface area contributed by atoms with E-state index in [-0.39, 0.29) is 0 Å². The van der Waals surface area contributed by atoms with Crippen LogP contribution in [-0.2, 0) is 0 Å². The van der Waals surface area contributed by atoms with Gasteiger partial charge >= 0.3 is 0 Å². The van der Waals surface area contributed by atoms with Gasteiger partial charge in [-0.2, -0.15) is 11.8 Å². The molecule has 1 saturated heterocycles. The van der Waals surface area contributed by atoms with Crippen LogP contribution in [0.2, 0.25) is 5.15 Å². The summed E-state index contributed by atoms with van der Waals surface area (Å²) in [5, 5.41) is 1.15. The van der Waals surface area contributed by atoms with Crippen molar-refractivity contribution in [2.75, 3.05) is 23.7 Å². The van der Waals surface area contributed by atoms with Gasteiger partial charge in [-0.15, -0.1) is 0 Å². The van der Waals surface area contributed by atoms with Crippen molar-refractivity contribution in [3.05, 3.63) is 17.5 Å². The Morgan fingerprint density at radius 3 is 3.00 bits per heavy atom. The highest BCUT2D eigenvalue weighted by Gasteiger charge is 2.19. The third-order valence-corrected chi connectivity index (χ3v) is 3.58. The van der Waals surface area contributed by atoms with Gasteiger partial charge in [0.1, 0.15) is 0 Å². The molecule has 1 atom stereocenters. The van der Waals surface area contributed by atoms with E-state index in [9.17, 15) is 0 Å². The Morgan fingerprint density at radius 1 is 1.50 bits per heavy atom. The number of thioether (sulfide) groups is 1. The maximum Gasteiger partial charge on any atom is 0.171 e. The zero-order valence-electron chi connectivity index (χ0n) is 7.98. The second-order valence-electron chi connectivity index (χ2n) is 3.30. The zero-order valence-corrected chi connectivity index (χ0v) is 9.55. The molecule has 0 radical (unpaired) electrons. The Bertz CT molecular complexity index is 321. The summed E-state index contributed by atoms with van der Waals surface area (Å²) in [5.41, 5.74) is 0. The molecule has 0 bridgehead atoms. The van der Waals surface area contributed by atoms with E-state index >= 15 is 0 Å². The van der Waals surface area contributed by atoms with E-state index < -0.39 is 0 Å². The molecule has 0 saturated carbocycles. The topological polar surface area (TPSA) is 29.0 Å². The summed E-state index contributed by atoms with van der Waals surface area (Å²) in [6, 6.07) is 0. The molecule has 1 fully saturated rings. The molecule has 0 amide bonds. The molecule has 1 unspecified atom stereocenters. The van der Waals surface area contributed by atoms with Gasteiger partial charge < -0.3 is 4.90 Å². The molecule has 1 aliphatic heterocycles. The molecule has 0 aromatic carbocycles. The van der Waals surface area contributed by atoms with Crippen LogP contribution in [0.1, 0.15) is 6.92 Å². The predicted molar refractivity (Wildman–Crippen MR) is 61.2 cm³/mol. The molecular weight excluding hydrogens is 218 g/mol. The average molecular weight is 230 g/mol. The van der Waals surface area contributed by atoms with E-state index in [0.29, 0.717) is 10.4 Å². The first-order chi connectivity index (χ1) is 6.77. The molecule has 2 heterocycles. The molecule has 14 heavy (non-hydrogen) atoms. The maximum absolute atomic E-state index is 5.98. The van der Waals surface area contributed by atoms with Gasteiger partial charge in [0.25, 0.3) is 0 Å². The van der Waals surface area contributed by atoms with Gasteiger partial charge in [0.15, 0.2) is 11.0 Å². The number of anilines is 1. The third kappa shape index (κ3) is 2.12. The van der Waals surface area contributed by atoms with Crippen LogP contribution in [0.4, 0.5) is 5.82 Å². The van der Waals surface area contributed by atoms with Crippen molar-refractivity contribution in [3.8, 4) is 0 Å². The first-order valence-corrected chi connectivity index (χ1v) is 6.03. The molecule has 0 aliphatic carbocycles. The number of halogens is 1.